The number of para-hydroxylation sites is 1. The standard InChI is InChI=1S/C11H11FN2O/c1-8(15)14-7-3-5-9-4-2-6-10(12)11(9)13/h2,4,6H,7,13H2,1H3,(H,14,15). The van der Waals surface area contributed by atoms with Gasteiger partial charge in [-0.2, -0.15) is 0 Å². The topological polar surface area (TPSA) is 55.1 Å². The highest BCUT2D eigenvalue weighted by Crippen LogP contribution is 2.13. The molecule has 0 fully saturated rings. The molecule has 3 N–H and O–H groups in total. The molecule has 0 aromatic heterocycles. The zero-order valence-corrected chi connectivity index (χ0v) is 8.30. The number of halogens is 1. The molecule has 0 atom stereocenters. The molecule has 0 spiro atoms. The summed E-state index contributed by atoms with van der Waals surface area (Å²) in [5, 5.41) is 2.50. The molecule has 0 saturated carbocycles. The van der Waals surface area contributed by atoms with Crippen LogP contribution in [-0.2, 0) is 4.79 Å². The molecule has 1 amide bonds. The van der Waals surface area contributed by atoms with Crippen molar-refractivity contribution in [2.75, 3.05) is 12.3 Å². The van der Waals surface area contributed by atoms with Crippen LogP contribution < -0.4 is 11.1 Å². The highest BCUT2D eigenvalue weighted by Gasteiger charge is 2.00. The normalized spacial score (nSPS) is 8.93. The molecule has 0 aliphatic heterocycles. The lowest BCUT2D eigenvalue weighted by Gasteiger charge is -1.98. The van der Waals surface area contributed by atoms with E-state index >= 15 is 0 Å². The minimum atomic E-state index is -0.485. The lowest BCUT2D eigenvalue weighted by atomic mass is 10.2. The van der Waals surface area contributed by atoms with Crippen LogP contribution in [0.5, 0.6) is 0 Å². The molecule has 0 saturated heterocycles. The number of hydrogen-bond donors (Lipinski definition) is 2. The molecule has 0 radical (unpaired) electrons. The van der Waals surface area contributed by atoms with Crippen LogP contribution in [0.25, 0.3) is 0 Å². The summed E-state index contributed by atoms with van der Waals surface area (Å²) >= 11 is 0. The van der Waals surface area contributed by atoms with E-state index in [2.05, 4.69) is 17.2 Å². The predicted octanol–water partition coefficient (Wildman–Crippen LogP) is 0.896. The maximum atomic E-state index is 13.0. The molecule has 1 aromatic rings. The van der Waals surface area contributed by atoms with E-state index in [4.69, 9.17) is 5.73 Å². The molecule has 0 bridgehead atoms. The summed E-state index contributed by atoms with van der Waals surface area (Å²) in [5.41, 5.74) is 5.93. The molecule has 0 heterocycles. The van der Waals surface area contributed by atoms with E-state index in [9.17, 15) is 9.18 Å². The maximum absolute atomic E-state index is 13.0. The molecular weight excluding hydrogens is 195 g/mol. The Balaban J connectivity index is 2.72. The minimum absolute atomic E-state index is 0.0350. The van der Waals surface area contributed by atoms with E-state index in [1.807, 2.05) is 0 Å². The van der Waals surface area contributed by atoms with Crippen LogP contribution in [0.2, 0.25) is 0 Å². The second-order valence-corrected chi connectivity index (χ2v) is 2.91. The van der Waals surface area contributed by atoms with Gasteiger partial charge in [0, 0.05) is 6.92 Å². The summed E-state index contributed by atoms with van der Waals surface area (Å²) in [6, 6.07) is 4.43. The van der Waals surface area contributed by atoms with Crippen molar-refractivity contribution in [3.8, 4) is 11.8 Å². The Kier molecular flexibility index (Phi) is 3.69. The highest BCUT2D eigenvalue weighted by molar-refractivity contribution is 5.73. The molecule has 15 heavy (non-hydrogen) atoms. The minimum Gasteiger partial charge on any atom is -0.395 e. The number of carbonyl (C=O) groups is 1. The summed E-state index contributed by atoms with van der Waals surface area (Å²) in [6.45, 7) is 1.63. The summed E-state index contributed by atoms with van der Waals surface area (Å²) in [7, 11) is 0. The Labute approximate surface area is 87.5 Å². The third kappa shape index (κ3) is 3.31. The van der Waals surface area contributed by atoms with Crippen molar-refractivity contribution in [1.29, 1.82) is 0 Å². The summed E-state index contributed by atoms with van der Waals surface area (Å²) < 4.78 is 13.0. The molecule has 1 aromatic carbocycles. The number of rotatable bonds is 1. The van der Waals surface area contributed by atoms with Crippen LogP contribution in [0.3, 0.4) is 0 Å². The van der Waals surface area contributed by atoms with E-state index in [-0.39, 0.29) is 18.1 Å². The van der Waals surface area contributed by atoms with Crippen LogP contribution in [0.1, 0.15) is 12.5 Å². The van der Waals surface area contributed by atoms with Gasteiger partial charge in [-0.25, -0.2) is 4.39 Å². The fourth-order valence-corrected chi connectivity index (χ4v) is 0.954. The second kappa shape index (κ2) is 5.01. The first kappa shape index (κ1) is 11.1. The van der Waals surface area contributed by atoms with Gasteiger partial charge in [0.25, 0.3) is 0 Å². The summed E-state index contributed by atoms with van der Waals surface area (Å²) in [6.07, 6.45) is 0. The van der Waals surface area contributed by atoms with Gasteiger partial charge in [0.05, 0.1) is 17.8 Å². The highest BCUT2D eigenvalue weighted by atomic mass is 19.1. The number of benzene rings is 1. The molecular formula is C11H11FN2O. The van der Waals surface area contributed by atoms with Crippen molar-refractivity contribution in [1.82, 2.24) is 5.32 Å². The van der Waals surface area contributed by atoms with E-state index in [0.717, 1.165) is 0 Å². The van der Waals surface area contributed by atoms with Crippen molar-refractivity contribution in [3.05, 3.63) is 29.6 Å². The Bertz CT molecular complexity index is 432. The summed E-state index contributed by atoms with van der Waals surface area (Å²) in [4.78, 5) is 10.5. The molecule has 1 rings (SSSR count). The van der Waals surface area contributed by atoms with Gasteiger partial charge >= 0.3 is 0 Å². The zero-order valence-electron chi connectivity index (χ0n) is 8.30. The maximum Gasteiger partial charge on any atom is 0.217 e. The van der Waals surface area contributed by atoms with E-state index < -0.39 is 5.82 Å². The Morgan fingerprint density at radius 3 is 3.00 bits per heavy atom. The van der Waals surface area contributed by atoms with Gasteiger partial charge in [-0.1, -0.05) is 17.9 Å². The van der Waals surface area contributed by atoms with Crippen molar-refractivity contribution in [2.45, 2.75) is 6.92 Å². The van der Waals surface area contributed by atoms with Gasteiger partial charge in [-0.05, 0) is 12.1 Å². The summed E-state index contributed by atoms with van der Waals surface area (Å²) in [5.74, 6) is 4.71. The number of nitrogen functional groups attached to an aromatic ring is 1. The average Bonchev–Trinajstić information content (AvgIpc) is 2.18. The first-order chi connectivity index (χ1) is 7.11. The van der Waals surface area contributed by atoms with Crippen molar-refractivity contribution >= 4 is 11.6 Å². The van der Waals surface area contributed by atoms with Crippen LogP contribution in [0.4, 0.5) is 10.1 Å². The largest absolute Gasteiger partial charge is 0.395 e. The van der Waals surface area contributed by atoms with Gasteiger partial charge in [0.1, 0.15) is 5.82 Å². The fourth-order valence-electron chi connectivity index (χ4n) is 0.954. The smallest absolute Gasteiger partial charge is 0.217 e. The van der Waals surface area contributed by atoms with Gasteiger partial charge in [-0.3, -0.25) is 4.79 Å². The third-order valence-corrected chi connectivity index (χ3v) is 1.70. The Morgan fingerprint density at radius 1 is 1.60 bits per heavy atom. The monoisotopic (exact) mass is 206 g/mol. The zero-order chi connectivity index (χ0) is 11.3. The van der Waals surface area contributed by atoms with Crippen LogP contribution in [0, 0.1) is 17.7 Å². The van der Waals surface area contributed by atoms with Gasteiger partial charge < -0.3 is 11.1 Å². The SMILES string of the molecule is CC(=O)NCC#Cc1cccc(F)c1N. The fraction of sp³-hybridized carbons (Fsp3) is 0.182. The van der Waals surface area contributed by atoms with Gasteiger partial charge in [0.2, 0.25) is 5.91 Å². The first-order valence-electron chi connectivity index (χ1n) is 4.38. The van der Waals surface area contributed by atoms with Crippen molar-refractivity contribution < 1.29 is 9.18 Å². The quantitative estimate of drug-likeness (QED) is 0.529. The number of nitrogens with one attached hydrogen (secondary N) is 1. The number of nitrogens with two attached hydrogens (primary N) is 1. The predicted molar refractivity (Wildman–Crippen MR) is 56.4 cm³/mol. The molecule has 0 unspecified atom stereocenters. The van der Waals surface area contributed by atoms with Crippen molar-refractivity contribution in [2.24, 2.45) is 0 Å². The number of amides is 1. The van der Waals surface area contributed by atoms with Crippen LogP contribution in [0.15, 0.2) is 18.2 Å². The molecule has 4 heteroatoms. The molecule has 3 nitrogen and oxygen atoms in total. The van der Waals surface area contributed by atoms with Crippen molar-refractivity contribution in [3.63, 3.8) is 0 Å². The van der Waals surface area contributed by atoms with Crippen LogP contribution >= 0.6 is 0 Å². The average molecular weight is 206 g/mol. The molecule has 0 aliphatic carbocycles. The van der Waals surface area contributed by atoms with Gasteiger partial charge in [0.15, 0.2) is 0 Å². The Morgan fingerprint density at radius 2 is 2.33 bits per heavy atom. The lowest BCUT2D eigenvalue weighted by Crippen LogP contribution is -2.19. The second-order valence-electron chi connectivity index (χ2n) is 2.91. The van der Waals surface area contributed by atoms with E-state index in [1.54, 1.807) is 6.07 Å². The first-order valence-corrected chi connectivity index (χ1v) is 4.38. The number of carbonyl (C=O) groups excluding carboxylic acids is 1. The van der Waals surface area contributed by atoms with E-state index in [0.29, 0.717) is 5.56 Å². The molecule has 78 valence electrons. The lowest BCUT2D eigenvalue weighted by molar-refractivity contribution is -0.118. The number of anilines is 1. The Hall–Kier alpha value is -2.02. The van der Waals surface area contributed by atoms with Crippen LogP contribution in [-0.4, -0.2) is 12.5 Å². The third-order valence-electron chi connectivity index (χ3n) is 1.70. The number of hydrogen-bond acceptors (Lipinski definition) is 2. The molecule has 0 aliphatic rings. The van der Waals surface area contributed by atoms with Gasteiger partial charge in [-0.15, -0.1) is 0 Å². The van der Waals surface area contributed by atoms with E-state index in [1.165, 1.54) is 19.1 Å².